The highest BCUT2D eigenvalue weighted by molar-refractivity contribution is 7.99. The van der Waals surface area contributed by atoms with E-state index in [9.17, 15) is 9.59 Å². The van der Waals surface area contributed by atoms with Gasteiger partial charge >= 0.3 is 5.69 Å². The van der Waals surface area contributed by atoms with Crippen molar-refractivity contribution in [2.24, 2.45) is 12.8 Å². The van der Waals surface area contributed by atoms with Gasteiger partial charge in [0.15, 0.2) is 5.16 Å². The van der Waals surface area contributed by atoms with Crippen LogP contribution < -0.4 is 16.7 Å². The molecule has 1 unspecified atom stereocenters. The van der Waals surface area contributed by atoms with Crippen LogP contribution >= 0.6 is 11.8 Å². The molecule has 2 rings (SSSR count). The molecule has 1 aliphatic rings. The molecule has 1 amide bonds. The summed E-state index contributed by atoms with van der Waals surface area (Å²) in [5.41, 5.74) is 5.04. The number of aromatic nitrogens is 3. The van der Waals surface area contributed by atoms with Crippen LogP contribution in [0.5, 0.6) is 0 Å². The van der Waals surface area contributed by atoms with Gasteiger partial charge in [-0.3, -0.25) is 9.36 Å². The molecule has 1 atom stereocenters. The predicted octanol–water partition coefficient (Wildman–Crippen LogP) is -1.19. The Morgan fingerprint density at radius 3 is 2.94 bits per heavy atom. The average Bonchev–Trinajstić information content (AvgIpc) is 3.04. The molecule has 8 heteroatoms. The van der Waals surface area contributed by atoms with Crippen molar-refractivity contribution < 1.29 is 4.79 Å². The number of hydrogen-bond donors (Lipinski definition) is 3. The number of H-pyrrole nitrogens is 1. The minimum Gasteiger partial charge on any atom is -0.368 e. The molecule has 1 aromatic rings. The van der Waals surface area contributed by atoms with Gasteiger partial charge in [-0.2, -0.15) is 0 Å². The smallest absolute Gasteiger partial charge is 0.343 e. The zero-order valence-electron chi connectivity index (χ0n) is 9.47. The first-order valence-electron chi connectivity index (χ1n) is 5.37. The Labute approximate surface area is 102 Å². The standard InChI is InChI=1S/C9H15N5O2S/c1-14-8(16)12-13-9(14)17-4-6(7(10)15)11-5-2-3-5/h5-6,11H,2-4H2,1H3,(H2,10,15)(H,12,16). The molecule has 94 valence electrons. The maximum absolute atomic E-state index is 11.2. The van der Waals surface area contributed by atoms with Gasteiger partial charge in [0.05, 0.1) is 6.04 Å². The molecule has 0 spiro atoms. The molecular formula is C9H15N5O2S. The van der Waals surface area contributed by atoms with E-state index in [2.05, 4.69) is 15.5 Å². The molecule has 1 saturated carbocycles. The second kappa shape index (κ2) is 4.92. The van der Waals surface area contributed by atoms with Gasteiger partial charge < -0.3 is 11.1 Å². The molecule has 7 nitrogen and oxygen atoms in total. The van der Waals surface area contributed by atoms with Gasteiger partial charge in [-0.15, -0.1) is 5.10 Å². The van der Waals surface area contributed by atoms with Crippen LogP contribution in [0.1, 0.15) is 12.8 Å². The summed E-state index contributed by atoms with van der Waals surface area (Å²) in [4.78, 5) is 22.4. The number of amides is 1. The van der Waals surface area contributed by atoms with Crippen molar-refractivity contribution in [2.75, 3.05) is 5.75 Å². The lowest BCUT2D eigenvalue weighted by Crippen LogP contribution is -2.44. The summed E-state index contributed by atoms with van der Waals surface area (Å²) in [5, 5.41) is 9.91. The molecule has 1 aliphatic carbocycles. The van der Waals surface area contributed by atoms with Crippen molar-refractivity contribution in [1.29, 1.82) is 0 Å². The SMILES string of the molecule is Cn1c(SCC(NC2CC2)C(N)=O)n[nH]c1=O. The summed E-state index contributed by atoms with van der Waals surface area (Å²) in [6.45, 7) is 0. The molecule has 1 aromatic heterocycles. The number of nitrogens with zero attached hydrogens (tertiary/aromatic N) is 2. The first kappa shape index (κ1) is 12.2. The summed E-state index contributed by atoms with van der Waals surface area (Å²) in [7, 11) is 1.63. The minimum absolute atomic E-state index is 0.265. The van der Waals surface area contributed by atoms with Crippen LogP contribution in [0.25, 0.3) is 0 Å². The number of carbonyl (C=O) groups excluding carboxylic acids is 1. The van der Waals surface area contributed by atoms with Crippen molar-refractivity contribution in [3.63, 3.8) is 0 Å². The van der Waals surface area contributed by atoms with Gasteiger partial charge in [0.2, 0.25) is 5.91 Å². The van der Waals surface area contributed by atoms with E-state index in [0.29, 0.717) is 17.0 Å². The summed E-state index contributed by atoms with van der Waals surface area (Å²) in [6.07, 6.45) is 2.19. The van der Waals surface area contributed by atoms with Crippen molar-refractivity contribution in [1.82, 2.24) is 20.1 Å². The average molecular weight is 257 g/mol. The van der Waals surface area contributed by atoms with Crippen molar-refractivity contribution in [2.45, 2.75) is 30.1 Å². The monoisotopic (exact) mass is 257 g/mol. The molecule has 0 aliphatic heterocycles. The molecule has 0 bridgehead atoms. The van der Waals surface area contributed by atoms with E-state index in [1.165, 1.54) is 16.3 Å². The van der Waals surface area contributed by atoms with E-state index >= 15 is 0 Å². The zero-order valence-corrected chi connectivity index (χ0v) is 10.3. The number of nitrogens with two attached hydrogens (primary N) is 1. The predicted molar refractivity (Wildman–Crippen MR) is 63.7 cm³/mol. The van der Waals surface area contributed by atoms with Crippen molar-refractivity contribution in [3.8, 4) is 0 Å². The van der Waals surface area contributed by atoms with Crippen LogP contribution in [-0.4, -0.2) is 38.5 Å². The maximum Gasteiger partial charge on any atom is 0.343 e. The van der Waals surface area contributed by atoms with E-state index in [1.54, 1.807) is 7.05 Å². The quantitative estimate of drug-likeness (QED) is 0.555. The summed E-state index contributed by atoms with van der Waals surface area (Å²) in [5.74, 6) is 0.106. The van der Waals surface area contributed by atoms with Gasteiger partial charge in [0.25, 0.3) is 0 Å². The minimum atomic E-state index is -0.376. The van der Waals surface area contributed by atoms with Crippen molar-refractivity contribution in [3.05, 3.63) is 10.5 Å². The lowest BCUT2D eigenvalue weighted by Gasteiger charge is -2.13. The van der Waals surface area contributed by atoms with Gasteiger partial charge in [-0.1, -0.05) is 11.8 Å². The van der Waals surface area contributed by atoms with Crippen molar-refractivity contribution >= 4 is 17.7 Å². The first-order chi connectivity index (χ1) is 8.08. The summed E-state index contributed by atoms with van der Waals surface area (Å²) in [6, 6.07) is 0.0374. The lowest BCUT2D eigenvalue weighted by atomic mass is 10.3. The van der Waals surface area contributed by atoms with Crippen LogP contribution in [0.3, 0.4) is 0 Å². The lowest BCUT2D eigenvalue weighted by molar-refractivity contribution is -0.119. The molecule has 1 fully saturated rings. The Bertz CT molecular complexity index is 464. The zero-order chi connectivity index (χ0) is 12.4. The van der Waals surface area contributed by atoms with Gasteiger partial charge in [0.1, 0.15) is 0 Å². The fourth-order valence-electron chi connectivity index (χ4n) is 1.37. The third kappa shape index (κ3) is 3.10. The normalized spacial score (nSPS) is 17.0. The fourth-order valence-corrected chi connectivity index (χ4v) is 2.33. The Kier molecular flexibility index (Phi) is 3.53. The number of primary amides is 1. The molecular weight excluding hydrogens is 242 g/mol. The van der Waals surface area contributed by atoms with Gasteiger partial charge in [-0.25, -0.2) is 9.89 Å². The Morgan fingerprint density at radius 2 is 2.47 bits per heavy atom. The number of rotatable bonds is 6. The highest BCUT2D eigenvalue weighted by atomic mass is 32.2. The molecule has 0 radical (unpaired) electrons. The summed E-state index contributed by atoms with van der Waals surface area (Å²) < 4.78 is 1.40. The third-order valence-corrected chi connectivity index (χ3v) is 3.70. The highest BCUT2D eigenvalue weighted by Gasteiger charge is 2.27. The molecule has 4 N–H and O–H groups in total. The Hall–Kier alpha value is -1.28. The Balaban J connectivity index is 1.92. The molecule has 1 heterocycles. The largest absolute Gasteiger partial charge is 0.368 e. The topological polar surface area (TPSA) is 106 Å². The first-order valence-corrected chi connectivity index (χ1v) is 6.36. The molecule has 17 heavy (non-hydrogen) atoms. The Morgan fingerprint density at radius 1 is 1.76 bits per heavy atom. The van der Waals surface area contributed by atoms with Crippen LogP contribution in [0.4, 0.5) is 0 Å². The number of hydrogen-bond acceptors (Lipinski definition) is 5. The number of nitrogens with one attached hydrogen (secondary N) is 2. The highest BCUT2D eigenvalue weighted by Crippen LogP contribution is 2.21. The van der Waals surface area contributed by atoms with Crippen LogP contribution in [0, 0.1) is 0 Å². The van der Waals surface area contributed by atoms with E-state index in [-0.39, 0.29) is 17.6 Å². The van der Waals surface area contributed by atoms with E-state index < -0.39 is 0 Å². The van der Waals surface area contributed by atoms with Gasteiger partial charge in [0, 0.05) is 18.8 Å². The molecule has 0 saturated heterocycles. The van der Waals surface area contributed by atoms with Crippen LogP contribution in [0.2, 0.25) is 0 Å². The van der Waals surface area contributed by atoms with Crippen LogP contribution in [0.15, 0.2) is 9.95 Å². The number of thioether (sulfide) groups is 1. The van der Waals surface area contributed by atoms with E-state index in [4.69, 9.17) is 5.73 Å². The second-order valence-corrected chi connectivity index (χ2v) is 5.06. The van der Waals surface area contributed by atoms with E-state index in [0.717, 1.165) is 12.8 Å². The number of carbonyl (C=O) groups is 1. The fraction of sp³-hybridized carbons (Fsp3) is 0.667. The summed E-state index contributed by atoms with van der Waals surface area (Å²) >= 11 is 1.33. The van der Waals surface area contributed by atoms with Crippen LogP contribution in [-0.2, 0) is 11.8 Å². The second-order valence-electron chi connectivity index (χ2n) is 4.08. The molecule has 0 aromatic carbocycles. The van der Waals surface area contributed by atoms with Gasteiger partial charge in [-0.05, 0) is 12.8 Å². The number of aromatic amines is 1. The maximum atomic E-state index is 11.2. The van der Waals surface area contributed by atoms with E-state index in [1.807, 2.05) is 0 Å². The third-order valence-electron chi connectivity index (χ3n) is 2.58.